The summed E-state index contributed by atoms with van der Waals surface area (Å²) in [6.07, 6.45) is 0.713. The molecule has 33 heavy (non-hydrogen) atoms. The monoisotopic (exact) mass is 507 g/mol. The van der Waals surface area contributed by atoms with E-state index < -0.39 is 17.8 Å². The molecule has 0 saturated heterocycles. The van der Waals surface area contributed by atoms with Gasteiger partial charge in [0.1, 0.15) is 5.75 Å². The Bertz CT molecular complexity index is 1220. The summed E-state index contributed by atoms with van der Waals surface area (Å²) in [5, 5.41) is 6.61. The second kappa shape index (κ2) is 11.2. The van der Waals surface area contributed by atoms with Gasteiger partial charge in [0.2, 0.25) is 0 Å². The lowest BCUT2D eigenvalue weighted by atomic mass is 10.1. The molecule has 0 unspecified atom stereocenters. The zero-order valence-corrected chi connectivity index (χ0v) is 19.7. The number of nitrogens with zero attached hydrogens (tertiary/aromatic N) is 1. The molecule has 0 spiro atoms. The molecule has 168 valence electrons. The van der Waals surface area contributed by atoms with Crippen LogP contribution < -0.4 is 15.5 Å². The molecule has 8 heteroatoms. The van der Waals surface area contributed by atoms with Gasteiger partial charge in [-0.05, 0) is 65.2 Å². The summed E-state index contributed by atoms with van der Waals surface area (Å²) in [7, 11) is 0. The van der Waals surface area contributed by atoms with Gasteiger partial charge < -0.3 is 10.1 Å². The fraction of sp³-hybridized carbons (Fsp3) is 0.120. The van der Waals surface area contributed by atoms with Gasteiger partial charge in [0.15, 0.2) is 0 Å². The highest BCUT2D eigenvalue weighted by Gasteiger charge is 2.17. The Labute approximate surface area is 200 Å². The number of esters is 1. The third-order valence-corrected chi connectivity index (χ3v) is 5.44. The van der Waals surface area contributed by atoms with Crippen molar-refractivity contribution < 1.29 is 19.1 Å². The molecule has 0 aliphatic rings. The van der Waals surface area contributed by atoms with Crippen LogP contribution in [0.15, 0.2) is 82.4 Å². The van der Waals surface area contributed by atoms with E-state index in [1.165, 1.54) is 0 Å². The number of hydrazone groups is 1. The predicted octanol–water partition coefficient (Wildman–Crippen LogP) is 4.71. The molecule has 0 fully saturated rings. The average molecular weight is 508 g/mol. The first-order valence-electron chi connectivity index (χ1n) is 10.2. The highest BCUT2D eigenvalue weighted by molar-refractivity contribution is 9.10. The second-order valence-electron chi connectivity index (χ2n) is 6.97. The average Bonchev–Trinajstić information content (AvgIpc) is 2.83. The number of nitrogens with one attached hydrogen (secondary N) is 2. The summed E-state index contributed by atoms with van der Waals surface area (Å²) in [5.74, 6) is -2.01. The molecule has 0 heterocycles. The fourth-order valence-electron chi connectivity index (χ4n) is 3.01. The summed E-state index contributed by atoms with van der Waals surface area (Å²) in [4.78, 5) is 37.1. The van der Waals surface area contributed by atoms with Gasteiger partial charge in [0.25, 0.3) is 0 Å². The molecule has 3 aromatic rings. The minimum absolute atomic E-state index is 0.273. The maximum atomic E-state index is 12.6. The Balaban J connectivity index is 1.71. The van der Waals surface area contributed by atoms with Crippen molar-refractivity contribution in [3.05, 3.63) is 94.0 Å². The van der Waals surface area contributed by atoms with Crippen LogP contribution in [0.1, 0.15) is 35.3 Å². The number of amides is 2. The quantitative estimate of drug-likeness (QED) is 0.166. The van der Waals surface area contributed by atoms with Crippen LogP contribution in [0.5, 0.6) is 5.75 Å². The predicted molar refractivity (Wildman–Crippen MR) is 130 cm³/mol. The lowest BCUT2D eigenvalue weighted by molar-refractivity contribution is -0.136. The number of para-hydroxylation sites is 2. The number of benzene rings is 3. The Morgan fingerprint density at radius 3 is 2.24 bits per heavy atom. The minimum Gasteiger partial charge on any atom is -0.422 e. The molecule has 0 aromatic heterocycles. The molecule has 0 atom stereocenters. The first-order valence-corrected chi connectivity index (χ1v) is 11.0. The van der Waals surface area contributed by atoms with Gasteiger partial charge in [0, 0.05) is 15.7 Å². The van der Waals surface area contributed by atoms with Gasteiger partial charge in [-0.2, -0.15) is 5.10 Å². The minimum atomic E-state index is -0.914. The Morgan fingerprint density at radius 2 is 1.52 bits per heavy atom. The summed E-state index contributed by atoms with van der Waals surface area (Å²) < 4.78 is 6.16. The molecule has 0 saturated carbocycles. The first kappa shape index (κ1) is 23.9. The van der Waals surface area contributed by atoms with Gasteiger partial charge in [-0.3, -0.25) is 9.59 Å². The van der Waals surface area contributed by atoms with E-state index in [0.29, 0.717) is 33.4 Å². The molecule has 0 bridgehead atoms. The van der Waals surface area contributed by atoms with Crippen LogP contribution in [0.4, 0.5) is 5.69 Å². The number of hydrogen-bond donors (Lipinski definition) is 2. The number of aryl methyl sites for hydroxylation is 1. The summed E-state index contributed by atoms with van der Waals surface area (Å²) in [6, 6.07) is 21.0. The fourth-order valence-corrected chi connectivity index (χ4v) is 3.46. The lowest BCUT2D eigenvalue weighted by Crippen LogP contribution is -2.33. The van der Waals surface area contributed by atoms with Crippen LogP contribution in [0.2, 0.25) is 0 Å². The van der Waals surface area contributed by atoms with Crippen molar-refractivity contribution in [3.63, 3.8) is 0 Å². The van der Waals surface area contributed by atoms with Gasteiger partial charge in [0.05, 0.1) is 11.3 Å². The van der Waals surface area contributed by atoms with Crippen LogP contribution in [0.3, 0.4) is 0 Å². The Morgan fingerprint density at radius 1 is 0.879 bits per heavy atom. The topological polar surface area (TPSA) is 96.9 Å². The van der Waals surface area contributed by atoms with Gasteiger partial charge >= 0.3 is 17.8 Å². The molecule has 2 amide bonds. The largest absolute Gasteiger partial charge is 0.422 e. The molecule has 7 nitrogen and oxygen atoms in total. The number of ether oxygens (including phenoxy) is 1. The van der Waals surface area contributed by atoms with Crippen molar-refractivity contribution in [1.29, 1.82) is 0 Å². The van der Waals surface area contributed by atoms with Crippen molar-refractivity contribution in [2.24, 2.45) is 5.10 Å². The van der Waals surface area contributed by atoms with E-state index in [1.807, 2.05) is 19.1 Å². The van der Waals surface area contributed by atoms with Crippen molar-refractivity contribution in [3.8, 4) is 5.75 Å². The van der Waals surface area contributed by atoms with E-state index in [0.717, 1.165) is 5.56 Å². The van der Waals surface area contributed by atoms with Crippen LogP contribution in [0, 0.1) is 0 Å². The zero-order chi connectivity index (χ0) is 23.8. The molecular formula is C25H22BrN3O4. The standard InChI is InChI=1S/C25H22BrN3O4/c1-3-17-10-4-8-14-21(17)27-23(30)24(31)29-28-16(2)18-11-6-9-15-22(18)33-25(32)19-12-5-7-13-20(19)26/h4-15H,3H2,1-2H3,(H,27,30)(H,29,31)/b28-16+. The lowest BCUT2D eigenvalue weighted by Gasteiger charge is -2.11. The van der Waals surface area contributed by atoms with Gasteiger partial charge in [-0.25, -0.2) is 10.2 Å². The third-order valence-electron chi connectivity index (χ3n) is 4.75. The van der Waals surface area contributed by atoms with E-state index in [1.54, 1.807) is 67.6 Å². The smallest absolute Gasteiger partial charge is 0.344 e. The molecule has 0 aliphatic carbocycles. The van der Waals surface area contributed by atoms with Crippen LogP contribution >= 0.6 is 15.9 Å². The summed E-state index contributed by atoms with van der Waals surface area (Å²) in [5.41, 5.74) is 4.97. The van der Waals surface area contributed by atoms with Crippen molar-refractivity contribution in [1.82, 2.24) is 5.43 Å². The number of carbonyl (C=O) groups is 3. The number of hydrogen-bond acceptors (Lipinski definition) is 5. The van der Waals surface area contributed by atoms with Crippen LogP contribution in [0.25, 0.3) is 0 Å². The molecular weight excluding hydrogens is 486 g/mol. The van der Waals surface area contributed by atoms with Gasteiger partial charge in [-0.1, -0.05) is 49.4 Å². The van der Waals surface area contributed by atoms with Crippen molar-refractivity contribution >= 4 is 45.1 Å². The van der Waals surface area contributed by atoms with E-state index in [9.17, 15) is 14.4 Å². The third kappa shape index (κ3) is 6.14. The molecule has 3 rings (SSSR count). The number of halogens is 1. The number of carbonyl (C=O) groups excluding carboxylic acids is 3. The second-order valence-corrected chi connectivity index (χ2v) is 7.82. The van der Waals surface area contributed by atoms with Crippen molar-refractivity contribution in [2.75, 3.05) is 5.32 Å². The maximum absolute atomic E-state index is 12.6. The normalized spacial score (nSPS) is 10.9. The van der Waals surface area contributed by atoms with Gasteiger partial charge in [-0.15, -0.1) is 0 Å². The Hall–Kier alpha value is -3.78. The van der Waals surface area contributed by atoms with Crippen molar-refractivity contribution in [2.45, 2.75) is 20.3 Å². The van der Waals surface area contributed by atoms with E-state index in [2.05, 4.69) is 31.8 Å². The summed E-state index contributed by atoms with van der Waals surface area (Å²) in [6.45, 7) is 3.59. The highest BCUT2D eigenvalue weighted by atomic mass is 79.9. The molecule has 2 N–H and O–H groups in total. The number of anilines is 1. The first-order chi connectivity index (χ1) is 15.9. The van der Waals surface area contributed by atoms with E-state index >= 15 is 0 Å². The summed E-state index contributed by atoms with van der Waals surface area (Å²) >= 11 is 3.33. The molecule has 3 aromatic carbocycles. The SMILES string of the molecule is CCc1ccccc1NC(=O)C(=O)N/N=C(\C)c1ccccc1OC(=O)c1ccccc1Br. The van der Waals surface area contributed by atoms with E-state index in [4.69, 9.17) is 4.74 Å². The zero-order valence-electron chi connectivity index (χ0n) is 18.1. The molecule has 0 radical (unpaired) electrons. The van der Waals surface area contributed by atoms with Crippen LogP contribution in [-0.2, 0) is 16.0 Å². The maximum Gasteiger partial charge on any atom is 0.344 e. The van der Waals surface area contributed by atoms with Crippen LogP contribution in [-0.4, -0.2) is 23.5 Å². The highest BCUT2D eigenvalue weighted by Crippen LogP contribution is 2.23. The molecule has 0 aliphatic heterocycles. The van der Waals surface area contributed by atoms with E-state index in [-0.39, 0.29) is 5.75 Å². The number of rotatable bonds is 6. The Kier molecular flexibility index (Phi) is 8.10.